The van der Waals surface area contributed by atoms with E-state index in [-0.39, 0.29) is 11.5 Å². The van der Waals surface area contributed by atoms with Crippen molar-refractivity contribution in [2.45, 2.75) is 51.5 Å². The van der Waals surface area contributed by atoms with Gasteiger partial charge in [-0.2, -0.15) is 0 Å². The van der Waals surface area contributed by atoms with E-state index in [4.69, 9.17) is 5.73 Å². The Hall–Kier alpha value is -0.570. The largest absolute Gasteiger partial charge is 0.341 e. The third kappa shape index (κ3) is 2.17. The molecule has 2 aliphatic rings. The normalized spacial score (nSPS) is 30.5. The predicted octanol–water partition coefficient (Wildman–Crippen LogP) is 1.52. The highest BCUT2D eigenvalue weighted by Gasteiger charge is 2.39. The number of hydrogen-bond acceptors (Lipinski definition) is 2. The molecule has 0 aromatic carbocycles. The third-order valence-corrected chi connectivity index (χ3v) is 3.99. The molecule has 2 N–H and O–H groups in total. The van der Waals surface area contributed by atoms with Crippen molar-refractivity contribution in [3.63, 3.8) is 0 Å². The van der Waals surface area contributed by atoms with E-state index in [0.29, 0.717) is 5.91 Å². The first-order chi connectivity index (χ1) is 7.12. The summed E-state index contributed by atoms with van der Waals surface area (Å²) in [6, 6.07) is 0.209. The Morgan fingerprint density at radius 1 is 1.33 bits per heavy atom. The number of nitrogens with zero attached hydrogens (tertiary/aromatic N) is 1. The molecule has 2 fully saturated rings. The van der Waals surface area contributed by atoms with Crippen LogP contribution in [0.2, 0.25) is 0 Å². The van der Waals surface area contributed by atoms with Crippen LogP contribution in [-0.2, 0) is 4.79 Å². The fourth-order valence-corrected chi connectivity index (χ4v) is 2.90. The van der Waals surface area contributed by atoms with E-state index in [1.54, 1.807) is 0 Å². The topological polar surface area (TPSA) is 46.3 Å². The predicted molar refractivity (Wildman–Crippen MR) is 60.4 cm³/mol. The molecule has 1 aliphatic carbocycles. The maximum Gasteiger partial charge on any atom is 0.228 e. The SMILES string of the molecule is CC1(C(=O)N2CC[C@H](N)C2)CCCCC1. The first-order valence-corrected chi connectivity index (χ1v) is 6.17. The van der Waals surface area contributed by atoms with Gasteiger partial charge < -0.3 is 10.6 Å². The number of nitrogens with two attached hydrogens (primary N) is 1. The zero-order valence-corrected chi connectivity index (χ0v) is 9.67. The van der Waals surface area contributed by atoms with Crippen LogP contribution in [0.25, 0.3) is 0 Å². The number of hydrogen-bond donors (Lipinski definition) is 1. The van der Waals surface area contributed by atoms with Gasteiger partial charge in [-0.15, -0.1) is 0 Å². The standard InChI is InChI=1S/C12H22N2O/c1-12(6-3-2-4-7-12)11(15)14-8-5-10(13)9-14/h10H,2-9,13H2,1H3/t10-/m0/s1. The third-order valence-electron chi connectivity index (χ3n) is 3.99. The molecule has 0 unspecified atom stereocenters. The number of carbonyl (C=O) groups is 1. The molecule has 1 amide bonds. The molecule has 0 spiro atoms. The van der Waals surface area contributed by atoms with E-state index in [1.165, 1.54) is 19.3 Å². The summed E-state index contributed by atoms with van der Waals surface area (Å²) in [5.74, 6) is 0.357. The first kappa shape index (κ1) is 10.9. The number of carbonyl (C=O) groups excluding carboxylic acids is 1. The van der Waals surface area contributed by atoms with Gasteiger partial charge in [0.2, 0.25) is 5.91 Å². The molecule has 3 nitrogen and oxygen atoms in total. The molecule has 0 bridgehead atoms. The van der Waals surface area contributed by atoms with Crippen molar-refractivity contribution in [3.05, 3.63) is 0 Å². The molecule has 0 aromatic heterocycles. The van der Waals surface area contributed by atoms with Gasteiger partial charge >= 0.3 is 0 Å². The lowest BCUT2D eigenvalue weighted by atomic mass is 9.75. The minimum Gasteiger partial charge on any atom is -0.341 e. The van der Waals surface area contributed by atoms with Crippen LogP contribution in [0.3, 0.4) is 0 Å². The van der Waals surface area contributed by atoms with Crippen molar-refractivity contribution in [3.8, 4) is 0 Å². The van der Waals surface area contributed by atoms with Crippen molar-refractivity contribution < 1.29 is 4.79 Å². The second kappa shape index (κ2) is 4.12. The van der Waals surface area contributed by atoms with Crippen LogP contribution < -0.4 is 5.73 Å². The van der Waals surface area contributed by atoms with Gasteiger partial charge in [0.15, 0.2) is 0 Å². The molecule has 1 saturated carbocycles. The average molecular weight is 210 g/mol. The molecule has 15 heavy (non-hydrogen) atoms. The summed E-state index contributed by atoms with van der Waals surface area (Å²) in [5, 5.41) is 0. The molecule has 0 radical (unpaired) electrons. The maximum atomic E-state index is 12.3. The van der Waals surface area contributed by atoms with Crippen LogP contribution in [0.1, 0.15) is 45.4 Å². The monoisotopic (exact) mass is 210 g/mol. The van der Waals surface area contributed by atoms with Crippen molar-refractivity contribution in [1.82, 2.24) is 4.90 Å². The zero-order chi connectivity index (χ0) is 10.9. The van der Waals surface area contributed by atoms with E-state index in [9.17, 15) is 4.79 Å². The van der Waals surface area contributed by atoms with Gasteiger partial charge in [-0.05, 0) is 19.3 Å². The van der Waals surface area contributed by atoms with Crippen molar-refractivity contribution in [1.29, 1.82) is 0 Å². The molecule has 86 valence electrons. The summed E-state index contributed by atoms with van der Waals surface area (Å²) < 4.78 is 0. The fraction of sp³-hybridized carbons (Fsp3) is 0.917. The van der Waals surface area contributed by atoms with Gasteiger partial charge in [0.1, 0.15) is 0 Å². The van der Waals surface area contributed by atoms with Crippen LogP contribution in [0, 0.1) is 5.41 Å². The van der Waals surface area contributed by atoms with Gasteiger partial charge in [-0.3, -0.25) is 4.79 Å². The molecule has 2 rings (SSSR count). The Bertz CT molecular complexity index is 246. The van der Waals surface area contributed by atoms with E-state index in [0.717, 1.165) is 32.4 Å². The van der Waals surface area contributed by atoms with E-state index < -0.39 is 0 Å². The zero-order valence-electron chi connectivity index (χ0n) is 9.67. The Balaban J connectivity index is 1.99. The summed E-state index contributed by atoms with van der Waals surface area (Å²) in [6.45, 7) is 3.78. The minimum absolute atomic E-state index is 0.0810. The second-order valence-electron chi connectivity index (χ2n) is 5.42. The van der Waals surface area contributed by atoms with Gasteiger partial charge in [0.25, 0.3) is 0 Å². The van der Waals surface area contributed by atoms with Crippen LogP contribution in [-0.4, -0.2) is 29.9 Å². The van der Waals surface area contributed by atoms with E-state index >= 15 is 0 Å². The molecular formula is C12H22N2O. The minimum atomic E-state index is -0.0810. The highest BCUT2D eigenvalue weighted by Crippen LogP contribution is 2.37. The van der Waals surface area contributed by atoms with Crippen LogP contribution in [0.4, 0.5) is 0 Å². The van der Waals surface area contributed by atoms with Gasteiger partial charge in [0, 0.05) is 24.5 Å². The Morgan fingerprint density at radius 2 is 2.00 bits per heavy atom. The molecule has 0 aromatic rings. The molecule has 1 heterocycles. The number of rotatable bonds is 1. The molecule has 1 atom stereocenters. The molecule has 3 heteroatoms. The summed E-state index contributed by atoms with van der Waals surface area (Å²) in [4.78, 5) is 14.3. The lowest BCUT2D eigenvalue weighted by Gasteiger charge is -2.35. The van der Waals surface area contributed by atoms with Crippen LogP contribution >= 0.6 is 0 Å². The van der Waals surface area contributed by atoms with Crippen molar-refractivity contribution in [2.24, 2.45) is 11.1 Å². The highest BCUT2D eigenvalue weighted by atomic mass is 16.2. The summed E-state index contributed by atoms with van der Waals surface area (Å²) in [5.41, 5.74) is 5.76. The number of amides is 1. The van der Waals surface area contributed by atoms with Gasteiger partial charge in [0.05, 0.1) is 0 Å². The highest BCUT2D eigenvalue weighted by molar-refractivity contribution is 5.82. The maximum absolute atomic E-state index is 12.3. The Kier molecular flexibility index (Phi) is 3.01. The Labute approximate surface area is 92.0 Å². The van der Waals surface area contributed by atoms with Crippen LogP contribution in [0.5, 0.6) is 0 Å². The number of likely N-dealkylation sites (tertiary alicyclic amines) is 1. The summed E-state index contributed by atoms with van der Waals surface area (Å²) in [7, 11) is 0. The fourth-order valence-electron chi connectivity index (χ4n) is 2.90. The summed E-state index contributed by atoms with van der Waals surface area (Å²) in [6.07, 6.45) is 6.82. The van der Waals surface area contributed by atoms with Crippen molar-refractivity contribution >= 4 is 5.91 Å². The lowest BCUT2D eigenvalue weighted by molar-refractivity contribution is -0.142. The molecular weight excluding hydrogens is 188 g/mol. The molecule has 1 aliphatic heterocycles. The Morgan fingerprint density at radius 3 is 2.53 bits per heavy atom. The van der Waals surface area contributed by atoms with Gasteiger partial charge in [-0.1, -0.05) is 26.2 Å². The lowest BCUT2D eigenvalue weighted by Crippen LogP contribution is -2.43. The van der Waals surface area contributed by atoms with Crippen LogP contribution in [0.15, 0.2) is 0 Å². The van der Waals surface area contributed by atoms with Crippen molar-refractivity contribution in [2.75, 3.05) is 13.1 Å². The van der Waals surface area contributed by atoms with E-state index in [1.807, 2.05) is 4.90 Å². The molecule has 1 saturated heterocycles. The van der Waals surface area contributed by atoms with E-state index in [2.05, 4.69) is 6.92 Å². The quantitative estimate of drug-likeness (QED) is 0.713. The summed E-state index contributed by atoms with van der Waals surface area (Å²) >= 11 is 0. The van der Waals surface area contributed by atoms with Gasteiger partial charge in [-0.25, -0.2) is 0 Å². The smallest absolute Gasteiger partial charge is 0.228 e. The first-order valence-electron chi connectivity index (χ1n) is 6.17. The average Bonchev–Trinajstić information content (AvgIpc) is 2.65. The second-order valence-corrected chi connectivity index (χ2v) is 5.42.